The van der Waals surface area contributed by atoms with E-state index in [1.165, 1.54) is 25.1 Å². The van der Waals surface area contributed by atoms with Crippen molar-refractivity contribution in [1.29, 1.82) is 0 Å². The Morgan fingerprint density at radius 2 is 1.91 bits per heavy atom. The summed E-state index contributed by atoms with van der Waals surface area (Å²) in [6.45, 7) is 5.78. The molecule has 0 unspecified atom stereocenters. The highest BCUT2D eigenvalue weighted by atomic mass is 35.5. The van der Waals surface area contributed by atoms with Gasteiger partial charge in [-0.25, -0.2) is 9.18 Å². The van der Waals surface area contributed by atoms with Crippen LogP contribution in [0.15, 0.2) is 42.5 Å². The molecule has 172 valence electrons. The fourth-order valence-electron chi connectivity index (χ4n) is 3.55. The standard InChI is InChI=1S/C23H26ClFN2O5/c1-15-12-26(13-17-3-6-19(25)7-4-17)9-10-27(15)22(28)14-31-20-8-5-18(24)11-21(20)32-16(2)23(29)30/h3-8,11,15-16H,9-10,12-14H2,1-2H3,(H,29,30)/t15-,16-/m1/s1. The molecule has 3 rings (SSSR count). The first kappa shape index (κ1) is 23.8. The van der Waals surface area contributed by atoms with Gasteiger partial charge >= 0.3 is 5.97 Å². The summed E-state index contributed by atoms with van der Waals surface area (Å²) in [5.41, 5.74) is 1.02. The molecule has 32 heavy (non-hydrogen) atoms. The first-order valence-electron chi connectivity index (χ1n) is 10.3. The summed E-state index contributed by atoms with van der Waals surface area (Å²) in [4.78, 5) is 27.8. The third-order valence-electron chi connectivity index (χ3n) is 5.26. The van der Waals surface area contributed by atoms with Gasteiger partial charge in [0, 0.05) is 43.3 Å². The Morgan fingerprint density at radius 1 is 1.19 bits per heavy atom. The molecule has 1 aliphatic heterocycles. The van der Waals surface area contributed by atoms with Crippen molar-refractivity contribution in [3.63, 3.8) is 0 Å². The highest BCUT2D eigenvalue weighted by Gasteiger charge is 2.28. The Bertz CT molecular complexity index is 956. The van der Waals surface area contributed by atoms with Crippen LogP contribution in [-0.2, 0) is 16.1 Å². The molecule has 2 aromatic rings. The van der Waals surface area contributed by atoms with Gasteiger partial charge in [-0.05, 0) is 43.7 Å². The number of halogens is 2. The van der Waals surface area contributed by atoms with Crippen LogP contribution < -0.4 is 9.47 Å². The molecular weight excluding hydrogens is 439 g/mol. The number of carbonyl (C=O) groups excluding carboxylic acids is 1. The van der Waals surface area contributed by atoms with Gasteiger partial charge in [-0.3, -0.25) is 9.69 Å². The van der Waals surface area contributed by atoms with Crippen LogP contribution >= 0.6 is 11.6 Å². The summed E-state index contributed by atoms with van der Waals surface area (Å²) in [6, 6.07) is 11.0. The summed E-state index contributed by atoms with van der Waals surface area (Å²) in [5.74, 6) is -1.15. The molecule has 9 heteroatoms. The van der Waals surface area contributed by atoms with Crippen molar-refractivity contribution in [2.75, 3.05) is 26.2 Å². The lowest BCUT2D eigenvalue weighted by Gasteiger charge is -2.39. The van der Waals surface area contributed by atoms with Crippen molar-refractivity contribution >= 4 is 23.5 Å². The smallest absolute Gasteiger partial charge is 0.344 e. The van der Waals surface area contributed by atoms with E-state index in [1.807, 2.05) is 6.92 Å². The Labute approximate surface area is 191 Å². The molecule has 1 saturated heterocycles. The lowest BCUT2D eigenvalue weighted by Crippen LogP contribution is -2.54. The molecule has 1 amide bonds. The molecule has 0 radical (unpaired) electrons. The minimum absolute atomic E-state index is 0.0201. The molecule has 0 saturated carbocycles. The van der Waals surface area contributed by atoms with E-state index in [4.69, 9.17) is 26.2 Å². The van der Waals surface area contributed by atoms with Gasteiger partial charge in [0.05, 0.1) is 0 Å². The second kappa shape index (κ2) is 10.7. The molecule has 0 aliphatic carbocycles. The first-order valence-corrected chi connectivity index (χ1v) is 10.7. The minimum Gasteiger partial charge on any atom is -0.480 e. The summed E-state index contributed by atoms with van der Waals surface area (Å²) >= 11 is 5.98. The number of carboxylic acid groups (broad SMARTS) is 1. The molecule has 2 aromatic carbocycles. The predicted octanol–water partition coefficient (Wildman–Crippen LogP) is 3.44. The molecule has 1 aliphatic rings. The SMILES string of the molecule is C[C@@H]1CN(Cc2ccc(F)cc2)CCN1C(=O)COc1ccc(Cl)cc1O[C@H](C)C(=O)O. The first-order chi connectivity index (χ1) is 15.2. The van der Waals surface area contributed by atoms with Crippen molar-refractivity contribution in [3.8, 4) is 11.5 Å². The van der Waals surface area contributed by atoms with Crippen molar-refractivity contribution < 1.29 is 28.6 Å². The molecule has 1 N–H and O–H groups in total. The second-order valence-electron chi connectivity index (χ2n) is 7.78. The van der Waals surface area contributed by atoms with Gasteiger partial charge in [0.1, 0.15) is 5.82 Å². The van der Waals surface area contributed by atoms with Gasteiger partial charge in [-0.2, -0.15) is 0 Å². The maximum absolute atomic E-state index is 13.1. The Balaban J connectivity index is 1.55. The van der Waals surface area contributed by atoms with E-state index in [0.717, 1.165) is 5.56 Å². The molecular formula is C23H26ClFN2O5. The van der Waals surface area contributed by atoms with Crippen LogP contribution in [0.1, 0.15) is 19.4 Å². The van der Waals surface area contributed by atoms with Gasteiger partial charge in [0.2, 0.25) is 0 Å². The summed E-state index contributed by atoms with van der Waals surface area (Å²) in [7, 11) is 0. The topological polar surface area (TPSA) is 79.3 Å². The number of aliphatic carboxylic acids is 1. The van der Waals surface area contributed by atoms with Gasteiger partial charge < -0.3 is 19.5 Å². The van der Waals surface area contributed by atoms with E-state index in [2.05, 4.69) is 4.90 Å². The second-order valence-corrected chi connectivity index (χ2v) is 8.21. The Hall–Kier alpha value is -2.84. The molecule has 7 nitrogen and oxygen atoms in total. The fraction of sp³-hybridized carbons (Fsp3) is 0.391. The minimum atomic E-state index is -1.13. The van der Waals surface area contributed by atoms with Gasteiger partial charge in [-0.1, -0.05) is 23.7 Å². The third kappa shape index (κ3) is 6.34. The van der Waals surface area contributed by atoms with E-state index >= 15 is 0 Å². The zero-order valence-corrected chi connectivity index (χ0v) is 18.7. The van der Waals surface area contributed by atoms with Crippen molar-refractivity contribution in [2.45, 2.75) is 32.5 Å². The van der Waals surface area contributed by atoms with Crippen LogP contribution in [0.3, 0.4) is 0 Å². The number of carbonyl (C=O) groups is 2. The van der Waals surface area contributed by atoms with E-state index in [-0.39, 0.29) is 35.9 Å². The number of ether oxygens (including phenoxy) is 2. The Kier molecular flexibility index (Phi) is 7.93. The molecule has 1 fully saturated rings. The quantitative estimate of drug-likeness (QED) is 0.644. The molecule has 1 heterocycles. The molecule has 0 aromatic heterocycles. The molecule has 2 atom stereocenters. The number of hydrogen-bond donors (Lipinski definition) is 1. The highest BCUT2D eigenvalue weighted by Crippen LogP contribution is 2.31. The van der Waals surface area contributed by atoms with Crippen molar-refractivity contribution in [1.82, 2.24) is 9.80 Å². The summed E-state index contributed by atoms with van der Waals surface area (Å²) < 4.78 is 24.1. The van der Waals surface area contributed by atoms with Crippen LogP contribution in [0.2, 0.25) is 5.02 Å². The molecule has 0 bridgehead atoms. The number of amides is 1. The maximum Gasteiger partial charge on any atom is 0.344 e. The van der Waals surface area contributed by atoms with Gasteiger partial charge in [0.15, 0.2) is 24.2 Å². The number of rotatable bonds is 8. The Morgan fingerprint density at radius 3 is 2.56 bits per heavy atom. The zero-order valence-electron chi connectivity index (χ0n) is 18.0. The van der Waals surface area contributed by atoms with E-state index in [9.17, 15) is 14.0 Å². The molecule has 0 spiro atoms. The number of benzene rings is 2. The summed E-state index contributed by atoms with van der Waals surface area (Å²) in [5, 5.41) is 9.43. The predicted molar refractivity (Wildman–Crippen MR) is 118 cm³/mol. The monoisotopic (exact) mass is 464 g/mol. The average molecular weight is 465 g/mol. The average Bonchev–Trinajstić information content (AvgIpc) is 2.74. The number of hydrogen-bond acceptors (Lipinski definition) is 5. The van der Waals surface area contributed by atoms with Crippen molar-refractivity contribution in [3.05, 3.63) is 58.9 Å². The van der Waals surface area contributed by atoms with Crippen LogP contribution in [0.5, 0.6) is 11.5 Å². The lowest BCUT2D eigenvalue weighted by molar-refractivity contribution is -0.144. The fourth-order valence-corrected chi connectivity index (χ4v) is 3.71. The third-order valence-corrected chi connectivity index (χ3v) is 5.49. The van der Waals surface area contributed by atoms with Crippen LogP contribution in [-0.4, -0.2) is 65.2 Å². The number of piperazine rings is 1. The maximum atomic E-state index is 13.1. The van der Waals surface area contributed by atoms with Crippen LogP contribution in [0.4, 0.5) is 4.39 Å². The van der Waals surface area contributed by atoms with Crippen LogP contribution in [0, 0.1) is 5.82 Å². The summed E-state index contributed by atoms with van der Waals surface area (Å²) in [6.07, 6.45) is -1.10. The highest BCUT2D eigenvalue weighted by molar-refractivity contribution is 6.30. The van der Waals surface area contributed by atoms with Crippen molar-refractivity contribution in [2.24, 2.45) is 0 Å². The number of nitrogens with zero attached hydrogens (tertiary/aromatic N) is 2. The van der Waals surface area contributed by atoms with Gasteiger partial charge in [-0.15, -0.1) is 0 Å². The largest absolute Gasteiger partial charge is 0.480 e. The van der Waals surface area contributed by atoms with Gasteiger partial charge in [0.25, 0.3) is 5.91 Å². The normalized spacial score (nSPS) is 17.6. The lowest BCUT2D eigenvalue weighted by atomic mass is 10.1. The van der Waals surface area contributed by atoms with E-state index < -0.39 is 12.1 Å². The van der Waals surface area contributed by atoms with E-state index in [0.29, 0.717) is 31.2 Å². The van der Waals surface area contributed by atoms with E-state index in [1.54, 1.807) is 29.2 Å². The van der Waals surface area contributed by atoms with Crippen LogP contribution in [0.25, 0.3) is 0 Å². The number of carboxylic acids is 1. The zero-order chi connectivity index (χ0) is 23.3.